The van der Waals surface area contributed by atoms with Gasteiger partial charge in [-0.15, -0.1) is 0 Å². The van der Waals surface area contributed by atoms with Gasteiger partial charge in [-0.2, -0.15) is 4.98 Å². The lowest BCUT2D eigenvalue weighted by Gasteiger charge is -2.17. The van der Waals surface area contributed by atoms with Crippen molar-refractivity contribution in [3.05, 3.63) is 22.7 Å². The molecule has 0 aliphatic heterocycles. The largest absolute Gasteiger partial charge is 0.396 e. The van der Waals surface area contributed by atoms with Crippen molar-refractivity contribution in [2.45, 2.75) is 19.6 Å². The zero-order valence-electron chi connectivity index (χ0n) is 8.59. The van der Waals surface area contributed by atoms with Crippen molar-refractivity contribution in [3.8, 4) is 0 Å². The van der Waals surface area contributed by atoms with Crippen LogP contribution in [0.3, 0.4) is 0 Å². The highest BCUT2D eigenvalue weighted by atomic mass is 16.5. The van der Waals surface area contributed by atoms with E-state index < -0.39 is 11.9 Å². The number of aromatic nitrogens is 2. The molecule has 0 aromatic carbocycles. The fourth-order valence-electron chi connectivity index (χ4n) is 1.25. The Hall–Kier alpha value is -1.40. The highest BCUT2D eigenvalue weighted by Crippen LogP contribution is 2.10. The minimum absolute atomic E-state index is 0.0541. The lowest BCUT2D eigenvalue weighted by Crippen LogP contribution is -2.29. The second-order valence-corrected chi connectivity index (χ2v) is 2.96. The average molecular weight is 213 g/mol. The number of anilines is 1. The summed E-state index contributed by atoms with van der Waals surface area (Å²) in [6, 6.07) is 1.52. The number of rotatable bonds is 5. The van der Waals surface area contributed by atoms with Crippen LogP contribution in [0.4, 0.5) is 5.82 Å². The zero-order valence-corrected chi connectivity index (χ0v) is 8.59. The molecule has 0 bridgehead atoms. The van der Waals surface area contributed by atoms with Crippen molar-refractivity contribution in [1.82, 2.24) is 9.55 Å². The van der Waals surface area contributed by atoms with Crippen LogP contribution in [0, 0.1) is 0 Å². The van der Waals surface area contributed by atoms with Gasteiger partial charge in [-0.25, -0.2) is 4.79 Å². The number of ether oxygens (including phenoxy) is 1. The van der Waals surface area contributed by atoms with Crippen molar-refractivity contribution in [3.63, 3.8) is 0 Å². The van der Waals surface area contributed by atoms with E-state index in [1.807, 2.05) is 6.92 Å². The Morgan fingerprint density at radius 2 is 2.47 bits per heavy atom. The van der Waals surface area contributed by atoms with Gasteiger partial charge in [0.15, 0.2) is 0 Å². The standard InChI is InChI=1S/C9H15N3O3/c1-2-15-8(4-6-13)12-5-3-7(10)11-9(12)14/h3,5,8,13H,2,4,6H2,1H3,(H2,10,11,14). The Labute approximate surface area is 87.3 Å². The lowest BCUT2D eigenvalue weighted by molar-refractivity contribution is -0.00936. The number of hydrogen-bond acceptors (Lipinski definition) is 5. The minimum Gasteiger partial charge on any atom is -0.396 e. The average Bonchev–Trinajstić information content (AvgIpc) is 2.17. The van der Waals surface area contributed by atoms with Gasteiger partial charge < -0.3 is 15.6 Å². The Bertz CT molecular complexity index is 358. The number of nitrogen functional groups attached to an aromatic ring is 1. The van der Waals surface area contributed by atoms with E-state index in [1.54, 1.807) is 0 Å². The molecular weight excluding hydrogens is 198 g/mol. The normalized spacial score (nSPS) is 12.7. The van der Waals surface area contributed by atoms with E-state index in [-0.39, 0.29) is 12.4 Å². The van der Waals surface area contributed by atoms with Crippen molar-refractivity contribution in [2.75, 3.05) is 18.9 Å². The Morgan fingerprint density at radius 1 is 1.73 bits per heavy atom. The van der Waals surface area contributed by atoms with Gasteiger partial charge in [0.05, 0.1) is 0 Å². The molecule has 0 aliphatic rings. The summed E-state index contributed by atoms with van der Waals surface area (Å²) in [6.45, 7) is 2.23. The van der Waals surface area contributed by atoms with E-state index in [0.717, 1.165) is 0 Å². The fourth-order valence-corrected chi connectivity index (χ4v) is 1.25. The molecule has 1 heterocycles. The van der Waals surface area contributed by atoms with Crippen molar-refractivity contribution in [2.24, 2.45) is 0 Å². The Balaban J connectivity index is 2.94. The maximum Gasteiger partial charge on any atom is 0.351 e. The molecule has 1 aromatic rings. The van der Waals surface area contributed by atoms with Gasteiger partial charge in [0.25, 0.3) is 0 Å². The maximum atomic E-state index is 11.4. The van der Waals surface area contributed by atoms with E-state index in [4.69, 9.17) is 15.6 Å². The second-order valence-electron chi connectivity index (χ2n) is 2.96. The predicted molar refractivity (Wildman–Crippen MR) is 55.3 cm³/mol. The number of aliphatic hydroxyl groups excluding tert-OH is 1. The van der Waals surface area contributed by atoms with Crippen molar-refractivity contribution >= 4 is 5.82 Å². The molecule has 15 heavy (non-hydrogen) atoms. The summed E-state index contributed by atoms with van der Waals surface area (Å²) < 4.78 is 6.63. The summed E-state index contributed by atoms with van der Waals surface area (Å²) in [5.74, 6) is 0.176. The van der Waals surface area contributed by atoms with Gasteiger partial charge in [0, 0.05) is 25.8 Å². The third-order valence-electron chi connectivity index (χ3n) is 1.90. The number of nitrogens with zero attached hydrogens (tertiary/aromatic N) is 2. The molecular formula is C9H15N3O3. The highest BCUT2D eigenvalue weighted by Gasteiger charge is 2.11. The Morgan fingerprint density at radius 3 is 3.00 bits per heavy atom. The van der Waals surface area contributed by atoms with Gasteiger partial charge >= 0.3 is 5.69 Å². The molecule has 1 unspecified atom stereocenters. The fraction of sp³-hybridized carbons (Fsp3) is 0.556. The molecule has 0 aliphatic carbocycles. The summed E-state index contributed by atoms with van der Waals surface area (Å²) in [6.07, 6.45) is 1.38. The van der Waals surface area contributed by atoms with Crippen molar-refractivity contribution < 1.29 is 9.84 Å². The van der Waals surface area contributed by atoms with Crippen LogP contribution in [0.1, 0.15) is 19.6 Å². The van der Waals surface area contributed by atoms with Gasteiger partial charge in [-0.1, -0.05) is 0 Å². The van der Waals surface area contributed by atoms with Crippen LogP contribution >= 0.6 is 0 Å². The molecule has 84 valence electrons. The predicted octanol–water partition coefficient (Wildman–Crippen LogP) is -0.257. The number of nitrogens with two attached hydrogens (primary N) is 1. The summed E-state index contributed by atoms with van der Waals surface area (Å²) in [4.78, 5) is 15.0. The molecule has 1 aromatic heterocycles. The van der Waals surface area contributed by atoms with Gasteiger partial charge in [0.1, 0.15) is 12.0 Å². The zero-order chi connectivity index (χ0) is 11.3. The molecule has 0 fully saturated rings. The molecule has 6 nitrogen and oxygen atoms in total. The van der Waals surface area contributed by atoms with E-state index in [0.29, 0.717) is 13.0 Å². The minimum atomic E-state index is -0.486. The molecule has 0 spiro atoms. The third-order valence-corrected chi connectivity index (χ3v) is 1.90. The Kier molecular flexibility index (Phi) is 4.26. The molecule has 0 amide bonds. The van der Waals surface area contributed by atoms with Crippen LogP contribution in [0.15, 0.2) is 17.1 Å². The third kappa shape index (κ3) is 3.03. The molecule has 1 atom stereocenters. The first-order valence-electron chi connectivity index (χ1n) is 4.76. The molecule has 0 saturated heterocycles. The molecule has 0 radical (unpaired) electrons. The number of aliphatic hydroxyl groups is 1. The van der Waals surface area contributed by atoms with Crippen molar-refractivity contribution in [1.29, 1.82) is 0 Å². The van der Waals surface area contributed by atoms with Crippen LogP contribution in [0.2, 0.25) is 0 Å². The van der Waals surface area contributed by atoms with E-state index in [2.05, 4.69) is 4.98 Å². The van der Waals surface area contributed by atoms with Gasteiger partial charge in [-0.05, 0) is 13.0 Å². The quantitative estimate of drug-likeness (QED) is 0.703. The molecule has 1 rings (SSSR count). The van der Waals surface area contributed by atoms with E-state index in [1.165, 1.54) is 16.8 Å². The molecule has 0 saturated carbocycles. The summed E-state index contributed by atoms with van der Waals surface area (Å²) in [5.41, 5.74) is 4.89. The highest BCUT2D eigenvalue weighted by molar-refractivity contribution is 5.23. The summed E-state index contributed by atoms with van der Waals surface area (Å²) >= 11 is 0. The first kappa shape index (κ1) is 11.7. The lowest BCUT2D eigenvalue weighted by atomic mass is 10.4. The van der Waals surface area contributed by atoms with Gasteiger partial charge in [-0.3, -0.25) is 4.57 Å². The maximum absolute atomic E-state index is 11.4. The van der Waals surface area contributed by atoms with E-state index >= 15 is 0 Å². The summed E-state index contributed by atoms with van der Waals surface area (Å²) in [5, 5.41) is 8.83. The number of hydrogen-bond donors (Lipinski definition) is 2. The molecule has 6 heteroatoms. The first-order valence-corrected chi connectivity index (χ1v) is 4.76. The van der Waals surface area contributed by atoms with Crippen LogP contribution in [-0.2, 0) is 4.74 Å². The second kappa shape index (κ2) is 5.47. The smallest absolute Gasteiger partial charge is 0.351 e. The van der Waals surface area contributed by atoms with Gasteiger partial charge in [0.2, 0.25) is 0 Å². The van der Waals surface area contributed by atoms with Crippen LogP contribution in [-0.4, -0.2) is 27.9 Å². The van der Waals surface area contributed by atoms with Crippen LogP contribution in [0.25, 0.3) is 0 Å². The van der Waals surface area contributed by atoms with Crippen LogP contribution < -0.4 is 11.4 Å². The first-order chi connectivity index (χ1) is 7.19. The monoisotopic (exact) mass is 213 g/mol. The molecule has 3 N–H and O–H groups in total. The van der Waals surface area contributed by atoms with Crippen LogP contribution in [0.5, 0.6) is 0 Å². The topological polar surface area (TPSA) is 90.4 Å². The summed E-state index contributed by atoms with van der Waals surface area (Å²) in [7, 11) is 0. The van der Waals surface area contributed by atoms with E-state index in [9.17, 15) is 4.79 Å². The SMILES string of the molecule is CCOC(CCO)n1ccc(N)nc1=O.